The van der Waals surface area contributed by atoms with Crippen LogP contribution in [0, 0.1) is 0 Å². The van der Waals surface area contributed by atoms with E-state index >= 15 is 0 Å². The molecule has 104 valence electrons. The lowest BCUT2D eigenvalue weighted by atomic mass is 10.2. The predicted octanol–water partition coefficient (Wildman–Crippen LogP) is -1.37. The van der Waals surface area contributed by atoms with Crippen LogP contribution in [0.25, 0.3) is 0 Å². The lowest BCUT2D eigenvalue weighted by Crippen LogP contribution is -2.48. The zero-order valence-corrected chi connectivity index (χ0v) is 10.9. The van der Waals surface area contributed by atoms with Crippen molar-refractivity contribution < 1.29 is 14.8 Å². The topological polar surface area (TPSA) is 129 Å². The van der Waals surface area contributed by atoms with Crippen LogP contribution in [-0.2, 0) is 9.59 Å². The van der Waals surface area contributed by atoms with E-state index < -0.39 is 11.3 Å². The second kappa shape index (κ2) is 5.93. The standard InChI is InChI=1S/C10H15N5O3S/c11-7(15-18)6-4-19-10(13-6)9(17)14-8(16)5-2-1-3-12-5/h4-5,10,12-13,18H,1-3H2,(H2,11,15)(H,14,16,17)/t5-,10?/m0/s1. The molecule has 0 bridgehead atoms. The number of hydrogen-bond donors (Lipinski definition) is 5. The largest absolute Gasteiger partial charge is 0.409 e. The van der Waals surface area contributed by atoms with Gasteiger partial charge in [-0.2, -0.15) is 0 Å². The summed E-state index contributed by atoms with van der Waals surface area (Å²) in [4.78, 5) is 23.6. The Hall–Kier alpha value is -1.74. The zero-order valence-electron chi connectivity index (χ0n) is 10.0. The molecule has 1 saturated heterocycles. The van der Waals surface area contributed by atoms with Gasteiger partial charge >= 0.3 is 0 Å². The van der Waals surface area contributed by atoms with Gasteiger partial charge in [-0.05, 0) is 19.4 Å². The predicted molar refractivity (Wildman–Crippen MR) is 70.2 cm³/mol. The number of carbonyl (C=O) groups excluding carboxylic acids is 2. The van der Waals surface area contributed by atoms with Gasteiger partial charge in [0, 0.05) is 5.41 Å². The molecule has 0 spiro atoms. The number of oxime groups is 1. The fourth-order valence-electron chi connectivity index (χ4n) is 1.84. The summed E-state index contributed by atoms with van der Waals surface area (Å²) in [6.07, 6.45) is 1.66. The molecule has 19 heavy (non-hydrogen) atoms. The minimum atomic E-state index is -0.652. The second-order valence-corrected chi connectivity index (χ2v) is 5.16. The van der Waals surface area contributed by atoms with E-state index in [1.54, 1.807) is 5.41 Å². The van der Waals surface area contributed by atoms with Crippen molar-refractivity contribution in [3.05, 3.63) is 11.1 Å². The van der Waals surface area contributed by atoms with Crippen LogP contribution < -0.4 is 21.7 Å². The molecular weight excluding hydrogens is 270 g/mol. The molecule has 2 aliphatic heterocycles. The first-order valence-corrected chi connectivity index (χ1v) is 6.74. The second-order valence-electron chi connectivity index (χ2n) is 4.18. The highest BCUT2D eigenvalue weighted by molar-refractivity contribution is 8.03. The third kappa shape index (κ3) is 3.18. The van der Waals surface area contributed by atoms with Crippen LogP contribution in [0.2, 0.25) is 0 Å². The van der Waals surface area contributed by atoms with Gasteiger partial charge in [0.05, 0.1) is 11.7 Å². The van der Waals surface area contributed by atoms with Crippen LogP contribution in [0.4, 0.5) is 0 Å². The Morgan fingerprint density at radius 2 is 2.32 bits per heavy atom. The number of hydrogen-bond acceptors (Lipinski definition) is 7. The third-order valence-corrected chi connectivity index (χ3v) is 3.83. The van der Waals surface area contributed by atoms with E-state index in [1.807, 2.05) is 0 Å². The summed E-state index contributed by atoms with van der Waals surface area (Å²) >= 11 is 1.16. The van der Waals surface area contributed by atoms with E-state index in [9.17, 15) is 9.59 Å². The highest BCUT2D eigenvalue weighted by Crippen LogP contribution is 2.20. The highest BCUT2D eigenvalue weighted by Gasteiger charge is 2.29. The fourth-order valence-corrected chi connectivity index (χ4v) is 2.68. The van der Waals surface area contributed by atoms with E-state index in [-0.39, 0.29) is 17.8 Å². The molecule has 1 fully saturated rings. The number of amidine groups is 1. The average Bonchev–Trinajstić information content (AvgIpc) is 3.08. The van der Waals surface area contributed by atoms with Gasteiger partial charge < -0.3 is 21.6 Å². The van der Waals surface area contributed by atoms with Crippen LogP contribution in [0.15, 0.2) is 16.3 Å². The van der Waals surface area contributed by atoms with Crippen molar-refractivity contribution in [3.8, 4) is 0 Å². The molecule has 0 aliphatic carbocycles. The molecule has 2 amide bonds. The minimum Gasteiger partial charge on any atom is -0.409 e. The Labute approximate surface area is 113 Å². The molecule has 2 heterocycles. The third-order valence-electron chi connectivity index (χ3n) is 2.85. The number of rotatable bonds is 3. The van der Waals surface area contributed by atoms with Gasteiger partial charge in [0.2, 0.25) is 5.91 Å². The number of thioether (sulfide) groups is 1. The number of nitrogens with two attached hydrogens (primary N) is 1. The lowest BCUT2D eigenvalue weighted by molar-refractivity contribution is -0.131. The van der Waals surface area contributed by atoms with Crippen LogP contribution in [0.1, 0.15) is 12.8 Å². The Morgan fingerprint density at radius 3 is 2.95 bits per heavy atom. The number of carbonyl (C=O) groups is 2. The van der Waals surface area contributed by atoms with Crippen molar-refractivity contribution in [3.63, 3.8) is 0 Å². The summed E-state index contributed by atoms with van der Waals surface area (Å²) in [7, 11) is 0. The van der Waals surface area contributed by atoms with Gasteiger partial charge in [-0.15, -0.1) is 0 Å². The van der Waals surface area contributed by atoms with Crippen molar-refractivity contribution >= 4 is 29.4 Å². The molecule has 0 aromatic carbocycles. The van der Waals surface area contributed by atoms with E-state index in [4.69, 9.17) is 10.9 Å². The molecule has 2 aliphatic rings. The summed E-state index contributed by atoms with van der Waals surface area (Å²) in [6, 6.07) is -0.299. The van der Waals surface area contributed by atoms with Gasteiger partial charge in [0.25, 0.3) is 5.91 Å². The normalized spacial score (nSPS) is 26.7. The van der Waals surface area contributed by atoms with Crippen LogP contribution in [-0.4, -0.2) is 40.8 Å². The van der Waals surface area contributed by atoms with E-state index in [1.165, 1.54) is 0 Å². The summed E-state index contributed by atoms with van der Waals surface area (Å²) < 4.78 is 0. The average molecular weight is 285 g/mol. The first-order valence-electron chi connectivity index (χ1n) is 5.80. The van der Waals surface area contributed by atoms with Crippen molar-refractivity contribution in [2.24, 2.45) is 10.9 Å². The first-order chi connectivity index (χ1) is 9.11. The summed E-state index contributed by atoms with van der Waals surface area (Å²) in [5.41, 5.74) is 5.75. The smallest absolute Gasteiger partial charge is 0.259 e. The van der Waals surface area contributed by atoms with E-state index in [0.29, 0.717) is 5.70 Å². The Balaban J connectivity index is 1.84. The van der Waals surface area contributed by atoms with E-state index in [0.717, 1.165) is 31.1 Å². The van der Waals surface area contributed by atoms with Gasteiger partial charge in [-0.3, -0.25) is 14.9 Å². The Bertz CT molecular complexity index is 444. The molecule has 0 aromatic heterocycles. The molecule has 0 aromatic rings. The summed E-state index contributed by atoms with van der Waals surface area (Å²) in [5, 5.41) is 20.4. The quantitative estimate of drug-likeness (QED) is 0.142. The molecule has 6 N–H and O–H groups in total. The number of imide groups is 1. The molecule has 1 unspecified atom stereocenters. The lowest BCUT2D eigenvalue weighted by Gasteiger charge is -2.14. The molecule has 2 atom stereocenters. The number of amides is 2. The SMILES string of the molecule is NC(=NO)C1=CSC(C(=O)NC(=O)[C@@H]2CCCN2)N1. The van der Waals surface area contributed by atoms with Crippen LogP contribution >= 0.6 is 11.8 Å². The Kier molecular flexibility index (Phi) is 4.27. The van der Waals surface area contributed by atoms with Crippen molar-refractivity contribution in [2.45, 2.75) is 24.3 Å². The van der Waals surface area contributed by atoms with Crippen molar-refractivity contribution in [1.82, 2.24) is 16.0 Å². The minimum absolute atomic E-state index is 0.105. The molecule has 0 saturated carbocycles. The van der Waals surface area contributed by atoms with E-state index in [2.05, 4.69) is 21.1 Å². The number of nitrogens with one attached hydrogen (secondary N) is 3. The fraction of sp³-hybridized carbons (Fsp3) is 0.500. The van der Waals surface area contributed by atoms with Crippen LogP contribution in [0.3, 0.4) is 0 Å². The monoisotopic (exact) mass is 285 g/mol. The maximum atomic E-state index is 11.8. The maximum Gasteiger partial charge on any atom is 0.259 e. The van der Waals surface area contributed by atoms with Gasteiger partial charge in [-0.25, -0.2) is 0 Å². The molecule has 0 radical (unpaired) electrons. The Morgan fingerprint density at radius 1 is 1.53 bits per heavy atom. The number of nitrogens with zero attached hydrogens (tertiary/aromatic N) is 1. The van der Waals surface area contributed by atoms with Crippen LogP contribution in [0.5, 0.6) is 0 Å². The molecule has 2 rings (SSSR count). The van der Waals surface area contributed by atoms with Crippen molar-refractivity contribution in [1.29, 1.82) is 0 Å². The highest BCUT2D eigenvalue weighted by atomic mass is 32.2. The molecule has 8 nitrogen and oxygen atoms in total. The molecule has 9 heteroatoms. The van der Waals surface area contributed by atoms with Gasteiger partial charge in [-0.1, -0.05) is 16.9 Å². The van der Waals surface area contributed by atoms with Gasteiger partial charge in [0.15, 0.2) is 11.2 Å². The summed E-state index contributed by atoms with van der Waals surface area (Å²) in [6.45, 7) is 0.790. The summed E-state index contributed by atoms with van der Waals surface area (Å²) in [5.74, 6) is -0.866. The first kappa shape index (κ1) is 13.7. The molecular formula is C10H15N5O3S. The van der Waals surface area contributed by atoms with Gasteiger partial charge in [0.1, 0.15) is 0 Å². The zero-order chi connectivity index (χ0) is 13.8. The van der Waals surface area contributed by atoms with Crippen molar-refractivity contribution in [2.75, 3.05) is 6.54 Å². The maximum absolute atomic E-state index is 11.8.